The second-order valence-corrected chi connectivity index (χ2v) is 11.9. The predicted octanol–water partition coefficient (Wildman–Crippen LogP) is 5.29. The van der Waals surface area contributed by atoms with Crippen LogP contribution in [0.15, 0.2) is 77.4 Å². The Morgan fingerprint density at radius 3 is 2.37 bits per heavy atom. The second kappa shape index (κ2) is 9.96. The van der Waals surface area contributed by atoms with Gasteiger partial charge in [-0.25, -0.2) is 0 Å². The Balaban J connectivity index is 1.23. The Morgan fingerprint density at radius 2 is 1.74 bits per heavy atom. The Kier molecular flexibility index (Phi) is 6.49. The molecule has 0 amide bonds. The zero-order valence-corrected chi connectivity index (χ0v) is 21.9. The summed E-state index contributed by atoms with van der Waals surface area (Å²) in [7, 11) is -3.59. The van der Waals surface area contributed by atoms with Gasteiger partial charge in [-0.2, -0.15) is 13.4 Å². The van der Waals surface area contributed by atoms with Crippen molar-refractivity contribution in [1.82, 2.24) is 15.1 Å². The lowest BCUT2D eigenvalue weighted by Crippen LogP contribution is -2.34. The minimum Gasteiger partial charge on any atom is -0.487 e. The second-order valence-electron chi connectivity index (χ2n) is 10.2. The molecule has 6 rings (SSSR count). The highest BCUT2D eigenvalue weighted by Gasteiger charge is 2.52. The van der Waals surface area contributed by atoms with Crippen molar-refractivity contribution in [2.24, 2.45) is 11.8 Å². The summed E-state index contributed by atoms with van der Waals surface area (Å²) in [6.07, 6.45) is 7.69. The minimum absolute atomic E-state index is 0.0350. The van der Waals surface area contributed by atoms with Crippen molar-refractivity contribution in [2.75, 3.05) is 6.26 Å². The average Bonchev–Trinajstić information content (AvgIpc) is 3.69. The normalized spacial score (nSPS) is 22.6. The third kappa shape index (κ3) is 4.96. The van der Waals surface area contributed by atoms with E-state index in [1.54, 1.807) is 6.20 Å². The first-order valence-corrected chi connectivity index (χ1v) is 14.6. The maximum atomic E-state index is 11.2. The number of hydrogen-bond acceptors (Lipinski definition) is 8. The highest BCUT2D eigenvalue weighted by molar-refractivity contribution is 7.85. The van der Waals surface area contributed by atoms with Crippen LogP contribution in [-0.2, 0) is 32.9 Å². The molecule has 0 aliphatic heterocycles. The highest BCUT2D eigenvalue weighted by atomic mass is 32.2. The molecule has 0 saturated heterocycles. The third-order valence-corrected chi connectivity index (χ3v) is 8.40. The number of hydrogen-bond donors (Lipinski definition) is 0. The van der Waals surface area contributed by atoms with Crippen molar-refractivity contribution >= 4 is 10.1 Å². The largest absolute Gasteiger partial charge is 0.487 e. The Hall–Kier alpha value is -3.56. The molecule has 196 valence electrons. The predicted molar refractivity (Wildman–Crippen MR) is 141 cm³/mol. The molecule has 2 aromatic carbocycles. The van der Waals surface area contributed by atoms with Crippen molar-refractivity contribution in [3.05, 3.63) is 95.6 Å². The molecule has 8 nitrogen and oxygen atoms in total. The molecule has 2 heterocycles. The van der Waals surface area contributed by atoms with E-state index in [-0.39, 0.29) is 17.9 Å². The van der Waals surface area contributed by atoms with Crippen LogP contribution in [0, 0.1) is 11.8 Å². The van der Waals surface area contributed by atoms with Gasteiger partial charge in [0, 0.05) is 17.2 Å². The van der Waals surface area contributed by atoms with Crippen LogP contribution >= 0.6 is 0 Å². The van der Waals surface area contributed by atoms with E-state index in [2.05, 4.69) is 51.5 Å². The Morgan fingerprint density at radius 1 is 0.974 bits per heavy atom. The number of benzene rings is 2. The van der Waals surface area contributed by atoms with E-state index in [1.165, 1.54) is 30.4 Å². The summed E-state index contributed by atoms with van der Waals surface area (Å²) in [5.74, 6) is 2.70. The van der Waals surface area contributed by atoms with Crippen molar-refractivity contribution in [2.45, 2.75) is 44.3 Å². The smallest absolute Gasteiger partial charge is 0.264 e. The number of nitrogens with zero attached hydrogens (tertiary/aromatic N) is 3. The summed E-state index contributed by atoms with van der Waals surface area (Å²) >= 11 is 0. The zero-order valence-electron chi connectivity index (χ0n) is 21.1. The van der Waals surface area contributed by atoms with Crippen LogP contribution in [0.25, 0.3) is 11.4 Å². The molecule has 0 spiro atoms. The molecule has 0 radical (unpaired) electrons. The van der Waals surface area contributed by atoms with Gasteiger partial charge in [0.2, 0.25) is 5.82 Å². The minimum atomic E-state index is -3.59. The quantitative estimate of drug-likeness (QED) is 0.268. The fourth-order valence-corrected chi connectivity index (χ4v) is 6.51. The molecular formula is C29H29N3O5S. The van der Waals surface area contributed by atoms with E-state index in [9.17, 15) is 8.42 Å². The molecule has 2 saturated carbocycles. The van der Waals surface area contributed by atoms with Crippen LogP contribution in [0.2, 0.25) is 0 Å². The van der Waals surface area contributed by atoms with Crippen molar-refractivity contribution < 1.29 is 21.9 Å². The topological polar surface area (TPSA) is 104 Å². The van der Waals surface area contributed by atoms with Gasteiger partial charge in [0.1, 0.15) is 19.0 Å². The van der Waals surface area contributed by atoms with Gasteiger partial charge in [0.15, 0.2) is 0 Å². The van der Waals surface area contributed by atoms with Crippen LogP contribution in [0.5, 0.6) is 5.75 Å². The van der Waals surface area contributed by atoms with Crippen LogP contribution in [0.4, 0.5) is 0 Å². The molecule has 2 aromatic heterocycles. The van der Waals surface area contributed by atoms with Crippen LogP contribution < -0.4 is 4.74 Å². The number of pyridine rings is 1. The lowest BCUT2D eigenvalue weighted by Gasteiger charge is -2.39. The highest BCUT2D eigenvalue weighted by Crippen LogP contribution is 2.60. The van der Waals surface area contributed by atoms with Gasteiger partial charge in [-0.15, -0.1) is 0 Å². The fraction of sp³-hybridized carbons (Fsp3) is 0.345. The molecule has 9 heteroatoms. The van der Waals surface area contributed by atoms with Gasteiger partial charge in [-0.1, -0.05) is 54.0 Å². The molecule has 2 bridgehead atoms. The number of rotatable bonds is 9. The molecule has 2 aliphatic carbocycles. The SMILES string of the molecule is CS(=O)(=O)OCc1nc(-c2ccc([C@]3(c4ccc(OCc5ccccn5)cc4)CC4CC[C@@H]3C4)cc2)no1. The summed E-state index contributed by atoms with van der Waals surface area (Å²) < 4.78 is 38.4. The molecular weight excluding hydrogens is 502 g/mol. The Bertz CT molecular complexity index is 1500. The van der Waals surface area contributed by atoms with Crippen molar-refractivity contribution in [1.29, 1.82) is 0 Å². The lowest BCUT2D eigenvalue weighted by molar-refractivity contribution is 0.249. The van der Waals surface area contributed by atoms with Gasteiger partial charge in [-0.3, -0.25) is 9.17 Å². The Labute approximate surface area is 222 Å². The zero-order chi connectivity index (χ0) is 26.2. The summed E-state index contributed by atoms with van der Waals surface area (Å²) in [6.45, 7) is 0.160. The molecule has 38 heavy (non-hydrogen) atoms. The number of ether oxygens (including phenoxy) is 1. The van der Waals surface area contributed by atoms with Crippen molar-refractivity contribution in [3.63, 3.8) is 0 Å². The van der Waals surface area contributed by atoms with Gasteiger partial charge < -0.3 is 9.26 Å². The molecule has 3 atom stereocenters. The van der Waals surface area contributed by atoms with Gasteiger partial charge in [0.05, 0.1) is 11.9 Å². The number of aromatic nitrogens is 3. The van der Waals surface area contributed by atoms with E-state index < -0.39 is 10.1 Å². The molecule has 0 N–H and O–H groups in total. The average molecular weight is 532 g/mol. The summed E-state index contributed by atoms with van der Waals surface area (Å²) in [4.78, 5) is 8.62. The first kappa shape index (κ1) is 24.8. The molecule has 1 unspecified atom stereocenters. The van der Waals surface area contributed by atoms with Crippen LogP contribution in [0.3, 0.4) is 0 Å². The first-order chi connectivity index (χ1) is 18.4. The van der Waals surface area contributed by atoms with Crippen molar-refractivity contribution in [3.8, 4) is 17.1 Å². The standard InChI is InChI=1S/C29H29N3O5S/c1-38(33,34)36-19-27-31-28(32-37-27)21-6-9-22(10-7-21)29(17-20-5-8-24(29)16-20)23-11-13-26(14-12-23)35-18-25-4-2-3-15-30-25/h2-4,6-7,9-15,20,24H,5,8,16-19H2,1H3/t20?,24-,29+/m1/s1. The van der Waals surface area contributed by atoms with E-state index in [1.807, 2.05) is 30.3 Å². The van der Waals surface area contributed by atoms with Gasteiger partial charge in [-0.05, 0) is 66.5 Å². The summed E-state index contributed by atoms with van der Waals surface area (Å²) in [6, 6.07) is 22.8. The van der Waals surface area contributed by atoms with Gasteiger partial charge in [0.25, 0.3) is 16.0 Å². The van der Waals surface area contributed by atoms with E-state index in [4.69, 9.17) is 13.4 Å². The maximum absolute atomic E-state index is 11.2. The lowest BCUT2D eigenvalue weighted by atomic mass is 9.64. The summed E-state index contributed by atoms with van der Waals surface area (Å²) in [5, 5.41) is 4.00. The maximum Gasteiger partial charge on any atom is 0.264 e. The first-order valence-electron chi connectivity index (χ1n) is 12.8. The molecule has 4 aromatic rings. The van der Waals surface area contributed by atoms with E-state index >= 15 is 0 Å². The molecule has 2 fully saturated rings. The van der Waals surface area contributed by atoms with Gasteiger partial charge >= 0.3 is 0 Å². The van der Waals surface area contributed by atoms with Crippen LogP contribution in [-0.4, -0.2) is 29.8 Å². The van der Waals surface area contributed by atoms with E-state index in [0.29, 0.717) is 18.3 Å². The fourth-order valence-electron chi connectivity index (χ4n) is 6.20. The summed E-state index contributed by atoms with van der Waals surface area (Å²) in [5.41, 5.74) is 4.28. The third-order valence-electron chi connectivity index (χ3n) is 7.85. The van der Waals surface area contributed by atoms with E-state index in [0.717, 1.165) is 35.6 Å². The monoisotopic (exact) mass is 531 g/mol. The number of fused-ring (bicyclic) bond motifs is 2. The molecule has 2 aliphatic rings. The van der Waals surface area contributed by atoms with Crippen LogP contribution in [0.1, 0.15) is 48.4 Å².